The molecule has 5 nitrogen and oxygen atoms in total. The average molecular weight is 299 g/mol. The fourth-order valence-electron chi connectivity index (χ4n) is 2.14. The van der Waals surface area contributed by atoms with Crippen LogP contribution in [-0.2, 0) is 10.0 Å². The van der Waals surface area contributed by atoms with E-state index in [0.29, 0.717) is 5.82 Å². The van der Waals surface area contributed by atoms with Crippen molar-refractivity contribution in [1.29, 1.82) is 0 Å². The molecule has 1 aromatic rings. The molecule has 1 atom stereocenters. The molecule has 0 aromatic carbocycles. The highest BCUT2D eigenvalue weighted by molar-refractivity contribution is 7.89. The number of nitrogens with zero attached hydrogens (tertiary/aromatic N) is 1. The molecule has 0 radical (unpaired) electrons. The maximum atomic E-state index is 12.5. The first-order valence-corrected chi connectivity index (χ1v) is 8.68. The second kappa shape index (κ2) is 8.21. The number of anilines is 1. The number of pyridine rings is 1. The van der Waals surface area contributed by atoms with Gasteiger partial charge in [-0.05, 0) is 25.0 Å². The Bertz CT molecular complexity index is 503. The van der Waals surface area contributed by atoms with Crippen molar-refractivity contribution in [3.05, 3.63) is 18.3 Å². The summed E-state index contributed by atoms with van der Waals surface area (Å²) in [4.78, 5) is 4.26. The fourth-order valence-corrected chi connectivity index (χ4v) is 3.61. The van der Waals surface area contributed by atoms with E-state index in [9.17, 15) is 8.42 Å². The number of nitrogens with one attached hydrogen (secondary N) is 2. The highest BCUT2D eigenvalue weighted by atomic mass is 32.2. The van der Waals surface area contributed by atoms with E-state index in [4.69, 9.17) is 0 Å². The second-order valence-corrected chi connectivity index (χ2v) is 6.53. The normalized spacial score (nSPS) is 13.2. The molecule has 20 heavy (non-hydrogen) atoms. The minimum atomic E-state index is -3.53. The average Bonchev–Trinajstić information content (AvgIpc) is 2.44. The number of hydrogen-bond donors (Lipinski definition) is 2. The van der Waals surface area contributed by atoms with Gasteiger partial charge in [0.15, 0.2) is 0 Å². The van der Waals surface area contributed by atoms with Gasteiger partial charge in [-0.3, -0.25) is 0 Å². The van der Waals surface area contributed by atoms with Gasteiger partial charge < -0.3 is 5.32 Å². The lowest BCUT2D eigenvalue weighted by atomic mass is 10.1. The first kappa shape index (κ1) is 16.9. The Morgan fingerprint density at radius 3 is 2.60 bits per heavy atom. The van der Waals surface area contributed by atoms with Crippen LogP contribution in [0.5, 0.6) is 0 Å². The van der Waals surface area contributed by atoms with Gasteiger partial charge in [0.05, 0.1) is 0 Å². The van der Waals surface area contributed by atoms with Gasteiger partial charge in [-0.15, -0.1) is 0 Å². The van der Waals surface area contributed by atoms with Gasteiger partial charge in [0.2, 0.25) is 10.0 Å². The van der Waals surface area contributed by atoms with E-state index >= 15 is 0 Å². The van der Waals surface area contributed by atoms with Gasteiger partial charge in [0.25, 0.3) is 0 Å². The zero-order valence-corrected chi connectivity index (χ0v) is 13.3. The fraction of sp³-hybridized carbons (Fsp3) is 0.643. The number of sulfonamides is 1. The van der Waals surface area contributed by atoms with Gasteiger partial charge >= 0.3 is 0 Å². The summed E-state index contributed by atoms with van der Waals surface area (Å²) in [5.41, 5.74) is 0. The Labute approximate surface area is 122 Å². The molecular formula is C14H25N3O2S. The smallest absolute Gasteiger partial charge is 0.244 e. The summed E-state index contributed by atoms with van der Waals surface area (Å²) in [6.07, 6.45) is 6.36. The minimum absolute atomic E-state index is 0.00476. The molecule has 0 saturated heterocycles. The lowest BCUT2D eigenvalue weighted by molar-refractivity contribution is 0.483. The van der Waals surface area contributed by atoms with Crippen LogP contribution in [-0.4, -0.2) is 26.5 Å². The molecular weight excluding hydrogens is 274 g/mol. The van der Waals surface area contributed by atoms with Crippen LogP contribution in [0, 0.1) is 0 Å². The van der Waals surface area contributed by atoms with Crippen molar-refractivity contribution in [3.63, 3.8) is 0 Å². The maximum absolute atomic E-state index is 12.5. The molecule has 1 rings (SSSR count). The second-order valence-electron chi connectivity index (χ2n) is 4.85. The van der Waals surface area contributed by atoms with Gasteiger partial charge in [-0.25, -0.2) is 18.1 Å². The number of rotatable bonds is 9. The molecule has 6 heteroatoms. The Morgan fingerprint density at radius 1 is 1.25 bits per heavy atom. The van der Waals surface area contributed by atoms with Crippen molar-refractivity contribution < 1.29 is 8.42 Å². The van der Waals surface area contributed by atoms with E-state index in [0.717, 1.165) is 32.1 Å². The molecule has 1 heterocycles. The third-order valence-electron chi connectivity index (χ3n) is 3.16. The van der Waals surface area contributed by atoms with Crippen molar-refractivity contribution in [2.24, 2.45) is 0 Å². The van der Waals surface area contributed by atoms with E-state index in [1.54, 1.807) is 25.4 Å². The van der Waals surface area contributed by atoms with Crippen LogP contribution in [0.2, 0.25) is 0 Å². The predicted molar refractivity (Wildman–Crippen MR) is 82.3 cm³/mol. The molecule has 2 N–H and O–H groups in total. The van der Waals surface area contributed by atoms with Crippen LogP contribution in [0.1, 0.15) is 46.0 Å². The summed E-state index contributed by atoms with van der Waals surface area (Å²) >= 11 is 0. The van der Waals surface area contributed by atoms with E-state index in [2.05, 4.69) is 28.9 Å². The molecule has 0 fully saturated rings. The topological polar surface area (TPSA) is 71.1 Å². The lowest BCUT2D eigenvalue weighted by Crippen LogP contribution is -2.35. The molecule has 0 saturated carbocycles. The monoisotopic (exact) mass is 299 g/mol. The lowest BCUT2D eigenvalue weighted by Gasteiger charge is -2.18. The van der Waals surface area contributed by atoms with E-state index in [1.165, 1.54) is 0 Å². The minimum Gasteiger partial charge on any atom is -0.372 e. The van der Waals surface area contributed by atoms with Crippen LogP contribution >= 0.6 is 0 Å². The molecule has 0 aliphatic carbocycles. The molecule has 114 valence electrons. The van der Waals surface area contributed by atoms with E-state index in [-0.39, 0.29) is 10.9 Å². The molecule has 0 bridgehead atoms. The molecule has 0 spiro atoms. The zero-order chi connectivity index (χ0) is 15.0. The number of aromatic nitrogens is 1. The third-order valence-corrected chi connectivity index (χ3v) is 4.71. The van der Waals surface area contributed by atoms with Gasteiger partial charge in [-0.2, -0.15) is 0 Å². The molecule has 1 unspecified atom stereocenters. The summed E-state index contributed by atoms with van der Waals surface area (Å²) in [6, 6.07) is 3.20. The summed E-state index contributed by atoms with van der Waals surface area (Å²) in [5, 5.41) is 2.82. The molecule has 1 aromatic heterocycles. The third kappa shape index (κ3) is 4.76. The summed E-state index contributed by atoms with van der Waals surface area (Å²) in [5.74, 6) is 0.380. The van der Waals surface area contributed by atoms with Crippen LogP contribution in [0.4, 0.5) is 5.82 Å². The number of hydrogen-bond acceptors (Lipinski definition) is 4. The molecule has 0 aliphatic rings. The summed E-state index contributed by atoms with van der Waals surface area (Å²) < 4.78 is 27.8. The van der Waals surface area contributed by atoms with Crippen molar-refractivity contribution >= 4 is 15.8 Å². The Morgan fingerprint density at radius 2 is 2.00 bits per heavy atom. The van der Waals surface area contributed by atoms with Crippen LogP contribution < -0.4 is 10.0 Å². The van der Waals surface area contributed by atoms with Crippen LogP contribution in [0.15, 0.2) is 23.2 Å². The van der Waals surface area contributed by atoms with Gasteiger partial charge in [0, 0.05) is 19.3 Å². The maximum Gasteiger partial charge on any atom is 0.244 e. The predicted octanol–water partition coefficient (Wildman–Crippen LogP) is 2.76. The first-order chi connectivity index (χ1) is 9.55. The highest BCUT2D eigenvalue weighted by Crippen LogP contribution is 2.19. The quantitative estimate of drug-likeness (QED) is 0.735. The van der Waals surface area contributed by atoms with E-state index < -0.39 is 10.0 Å². The van der Waals surface area contributed by atoms with Crippen molar-refractivity contribution in [2.75, 3.05) is 12.4 Å². The first-order valence-electron chi connectivity index (χ1n) is 7.20. The van der Waals surface area contributed by atoms with Gasteiger partial charge in [0.1, 0.15) is 10.7 Å². The van der Waals surface area contributed by atoms with Crippen LogP contribution in [0.3, 0.4) is 0 Å². The molecule has 0 amide bonds. The van der Waals surface area contributed by atoms with Crippen molar-refractivity contribution in [2.45, 2.75) is 56.9 Å². The zero-order valence-electron chi connectivity index (χ0n) is 12.5. The largest absolute Gasteiger partial charge is 0.372 e. The van der Waals surface area contributed by atoms with E-state index in [1.807, 2.05) is 0 Å². The highest BCUT2D eigenvalue weighted by Gasteiger charge is 2.22. The Kier molecular flexibility index (Phi) is 6.95. The Hall–Kier alpha value is -1.14. The Balaban J connectivity index is 2.91. The summed E-state index contributed by atoms with van der Waals surface area (Å²) in [7, 11) is -1.86. The number of unbranched alkanes of at least 4 members (excludes halogenated alkanes) is 1. The SMILES string of the molecule is CCCCC(CCC)NS(=O)(=O)c1cccnc1NC. The standard InChI is InChI=1S/C14H25N3O2S/c1-4-6-9-12(8-5-2)17-20(18,19)13-10-7-11-16-14(13)15-3/h7,10-12,17H,4-6,8-9H2,1-3H3,(H,15,16). The van der Waals surface area contributed by atoms with Crippen LogP contribution in [0.25, 0.3) is 0 Å². The van der Waals surface area contributed by atoms with Crippen molar-refractivity contribution in [1.82, 2.24) is 9.71 Å². The summed E-state index contributed by atoms with van der Waals surface area (Å²) in [6.45, 7) is 4.17. The molecule has 0 aliphatic heterocycles. The van der Waals surface area contributed by atoms with Gasteiger partial charge in [-0.1, -0.05) is 33.1 Å². The van der Waals surface area contributed by atoms with Crippen molar-refractivity contribution in [3.8, 4) is 0 Å².